The van der Waals surface area contributed by atoms with E-state index >= 15 is 0 Å². The molecular formula is C20H21NO4. The molecule has 0 heterocycles. The topological polar surface area (TPSA) is 72.5 Å². The molecule has 2 aromatic rings. The smallest absolute Gasteiger partial charge is 0.338 e. The number of ether oxygens (including phenoxy) is 1. The van der Waals surface area contributed by atoms with E-state index in [0.29, 0.717) is 23.5 Å². The van der Waals surface area contributed by atoms with Gasteiger partial charge in [-0.15, -0.1) is 0 Å². The molecular weight excluding hydrogens is 318 g/mol. The first kappa shape index (κ1) is 18.4. The molecule has 0 aliphatic heterocycles. The summed E-state index contributed by atoms with van der Waals surface area (Å²) in [5, 5.41) is 2.72. The first-order chi connectivity index (χ1) is 11.9. The highest BCUT2D eigenvalue weighted by molar-refractivity contribution is 5.97. The van der Waals surface area contributed by atoms with Crippen LogP contribution in [0.3, 0.4) is 0 Å². The molecule has 0 aliphatic rings. The first-order valence-electron chi connectivity index (χ1n) is 8.07. The molecule has 0 unspecified atom stereocenters. The highest BCUT2D eigenvalue weighted by Crippen LogP contribution is 2.17. The molecule has 0 fully saturated rings. The predicted octanol–water partition coefficient (Wildman–Crippen LogP) is 3.81. The van der Waals surface area contributed by atoms with E-state index < -0.39 is 18.0 Å². The SMILES string of the molecule is CC(C)c1ccc(NC(=O)[C@@H](C)OC(=O)c2ccc(C=O)cc2)cc1. The standard InChI is InChI=1S/C20H21NO4/c1-13(2)16-8-10-18(11-9-16)21-19(23)14(3)25-20(24)17-6-4-15(12-22)5-7-17/h4-14H,1-3H3,(H,21,23)/t14-/m1/s1. The van der Waals surface area contributed by atoms with Gasteiger partial charge in [-0.1, -0.05) is 38.1 Å². The van der Waals surface area contributed by atoms with E-state index in [1.54, 1.807) is 0 Å². The highest BCUT2D eigenvalue weighted by atomic mass is 16.5. The minimum absolute atomic E-state index is 0.284. The molecule has 0 bridgehead atoms. The summed E-state index contributed by atoms with van der Waals surface area (Å²) < 4.78 is 5.17. The molecule has 0 aliphatic carbocycles. The first-order valence-corrected chi connectivity index (χ1v) is 8.07. The van der Waals surface area contributed by atoms with Crippen molar-refractivity contribution in [1.82, 2.24) is 0 Å². The number of hydrogen-bond acceptors (Lipinski definition) is 4. The van der Waals surface area contributed by atoms with Gasteiger partial charge < -0.3 is 10.1 Å². The largest absolute Gasteiger partial charge is 0.449 e. The summed E-state index contributed by atoms with van der Waals surface area (Å²) >= 11 is 0. The van der Waals surface area contributed by atoms with Crippen LogP contribution in [0.4, 0.5) is 5.69 Å². The molecule has 2 aromatic carbocycles. The molecule has 2 rings (SSSR count). The number of carbonyl (C=O) groups excluding carboxylic acids is 3. The van der Waals surface area contributed by atoms with Crippen LogP contribution in [0.25, 0.3) is 0 Å². The lowest BCUT2D eigenvalue weighted by Crippen LogP contribution is -2.30. The molecule has 5 heteroatoms. The Bertz CT molecular complexity index is 748. The number of anilines is 1. The molecule has 130 valence electrons. The number of carbonyl (C=O) groups is 3. The van der Waals surface area contributed by atoms with Crippen LogP contribution in [0.15, 0.2) is 48.5 Å². The van der Waals surface area contributed by atoms with Crippen molar-refractivity contribution in [3.63, 3.8) is 0 Å². The van der Waals surface area contributed by atoms with Crippen molar-refractivity contribution in [2.24, 2.45) is 0 Å². The van der Waals surface area contributed by atoms with Crippen molar-refractivity contribution in [2.75, 3.05) is 5.32 Å². The van der Waals surface area contributed by atoms with Gasteiger partial charge >= 0.3 is 5.97 Å². The Morgan fingerprint density at radius 1 is 0.960 bits per heavy atom. The van der Waals surface area contributed by atoms with Crippen LogP contribution in [0.1, 0.15) is 53.0 Å². The second-order valence-corrected chi connectivity index (χ2v) is 6.05. The Balaban J connectivity index is 1.94. The van der Waals surface area contributed by atoms with Crippen molar-refractivity contribution < 1.29 is 19.1 Å². The Morgan fingerprint density at radius 3 is 2.08 bits per heavy atom. The third kappa shape index (κ3) is 5.01. The van der Waals surface area contributed by atoms with Gasteiger partial charge in [0.25, 0.3) is 5.91 Å². The minimum Gasteiger partial charge on any atom is -0.449 e. The van der Waals surface area contributed by atoms with Crippen LogP contribution in [0, 0.1) is 0 Å². The number of nitrogens with one attached hydrogen (secondary N) is 1. The van der Waals surface area contributed by atoms with Crippen LogP contribution in [0.5, 0.6) is 0 Å². The second-order valence-electron chi connectivity index (χ2n) is 6.05. The van der Waals surface area contributed by atoms with Crippen LogP contribution in [-0.4, -0.2) is 24.3 Å². The van der Waals surface area contributed by atoms with Crippen molar-refractivity contribution in [1.29, 1.82) is 0 Å². The quantitative estimate of drug-likeness (QED) is 0.642. The monoisotopic (exact) mass is 339 g/mol. The van der Waals surface area contributed by atoms with Gasteiger partial charge in [0.1, 0.15) is 6.29 Å². The normalized spacial score (nSPS) is 11.7. The third-order valence-corrected chi connectivity index (χ3v) is 3.78. The Kier molecular flexibility index (Phi) is 6.06. The maximum atomic E-state index is 12.2. The van der Waals surface area contributed by atoms with Gasteiger partial charge in [0.05, 0.1) is 5.56 Å². The lowest BCUT2D eigenvalue weighted by Gasteiger charge is -2.14. The van der Waals surface area contributed by atoms with Crippen LogP contribution >= 0.6 is 0 Å². The van der Waals surface area contributed by atoms with Gasteiger partial charge in [0.15, 0.2) is 6.10 Å². The van der Waals surface area contributed by atoms with Gasteiger partial charge in [-0.25, -0.2) is 4.79 Å². The van der Waals surface area contributed by atoms with Gasteiger partial charge in [0, 0.05) is 11.3 Å². The number of benzene rings is 2. The fourth-order valence-corrected chi connectivity index (χ4v) is 2.18. The molecule has 0 aromatic heterocycles. The fraction of sp³-hybridized carbons (Fsp3) is 0.250. The number of esters is 1. The Hall–Kier alpha value is -2.95. The summed E-state index contributed by atoms with van der Waals surface area (Å²) in [6.45, 7) is 5.70. The Morgan fingerprint density at radius 2 is 1.56 bits per heavy atom. The summed E-state index contributed by atoms with van der Waals surface area (Å²) in [5.41, 5.74) is 2.57. The van der Waals surface area contributed by atoms with Crippen LogP contribution in [0.2, 0.25) is 0 Å². The molecule has 0 radical (unpaired) electrons. The molecule has 0 saturated heterocycles. The van der Waals surface area contributed by atoms with Crippen molar-refractivity contribution in [2.45, 2.75) is 32.8 Å². The summed E-state index contributed by atoms with van der Waals surface area (Å²) in [6, 6.07) is 13.6. The van der Waals surface area contributed by atoms with Gasteiger partial charge in [-0.2, -0.15) is 0 Å². The molecule has 1 atom stereocenters. The van der Waals surface area contributed by atoms with Crippen molar-refractivity contribution in [3.8, 4) is 0 Å². The van der Waals surface area contributed by atoms with E-state index in [1.807, 2.05) is 24.3 Å². The van der Waals surface area contributed by atoms with Crippen LogP contribution < -0.4 is 5.32 Å². The molecule has 0 spiro atoms. The van der Waals surface area contributed by atoms with Gasteiger partial charge in [-0.05, 0) is 42.7 Å². The van der Waals surface area contributed by atoms with Crippen LogP contribution in [-0.2, 0) is 9.53 Å². The maximum absolute atomic E-state index is 12.2. The molecule has 5 nitrogen and oxygen atoms in total. The maximum Gasteiger partial charge on any atom is 0.338 e. The van der Waals surface area contributed by atoms with E-state index in [4.69, 9.17) is 4.74 Å². The summed E-state index contributed by atoms with van der Waals surface area (Å²) in [6.07, 6.45) is -0.251. The van der Waals surface area contributed by atoms with E-state index in [2.05, 4.69) is 19.2 Å². The number of hydrogen-bond donors (Lipinski definition) is 1. The average Bonchev–Trinajstić information content (AvgIpc) is 2.62. The average molecular weight is 339 g/mol. The zero-order valence-corrected chi connectivity index (χ0v) is 14.5. The summed E-state index contributed by atoms with van der Waals surface area (Å²) in [4.78, 5) is 34.8. The molecule has 1 N–H and O–H groups in total. The zero-order chi connectivity index (χ0) is 18.4. The van der Waals surface area contributed by atoms with E-state index in [-0.39, 0.29) is 5.56 Å². The third-order valence-electron chi connectivity index (χ3n) is 3.78. The Labute approximate surface area is 147 Å². The lowest BCUT2D eigenvalue weighted by atomic mass is 10.0. The molecule has 1 amide bonds. The summed E-state index contributed by atoms with van der Waals surface area (Å²) in [7, 11) is 0. The molecule has 25 heavy (non-hydrogen) atoms. The minimum atomic E-state index is -0.942. The second kappa shape index (κ2) is 8.24. The van der Waals surface area contributed by atoms with E-state index in [9.17, 15) is 14.4 Å². The summed E-state index contributed by atoms with van der Waals surface area (Å²) in [5.74, 6) is -0.611. The lowest BCUT2D eigenvalue weighted by molar-refractivity contribution is -0.123. The highest BCUT2D eigenvalue weighted by Gasteiger charge is 2.19. The van der Waals surface area contributed by atoms with E-state index in [0.717, 1.165) is 0 Å². The number of rotatable bonds is 6. The predicted molar refractivity (Wildman–Crippen MR) is 95.9 cm³/mol. The van der Waals surface area contributed by atoms with E-state index in [1.165, 1.54) is 36.8 Å². The fourth-order valence-electron chi connectivity index (χ4n) is 2.18. The van der Waals surface area contributed by atoms with Gasteiger partial charge in [-0.3, -0.25) is 9.59 Å². The van der Waals surface area contributed by atoms with Crippen molar-refractivity contribution in [3.05, 3.63) is 65.2 Å². The van der Waals surface area contributed by atoms with Crippen molar-refractivity contribution >= 4 is 23.9 Å². The number of amides is 1. The zero-order valence-electron chi connectivity index (χ0n) is 14.5. The van der Waals surface area contributed by atoms with Gasteiger partial charge in [0.2, 0.25) is 0 Å². The number of aldehydes is 1. The molecule has 0 saturated carbocycles.